The number of halogens is 1. The second kappa shape index (κ2) is 9.42. The predicted molar refractivity (Wildman–Crippen MR) is 121 cm³/mol. The zero-order chi connectivity index (χ0) is 23.4. The molecular weight excluding hydrogens is 445 g/mol. The van der Waals surface area contributed by atoms with Gasteiger partial charge in [0, 0.05) is 11.8 Å². The zero-order valence-corrected chi connectivity index (χ0v) is 18.1. The molecule has 164 valence electrons. The van der Waals surface area contributed by atoms with Crippen LogP contribution in [0.25, 0.3) is 11.0 Å². The van der Waals surface area contributed by atoms with Gasteiger partial charge in [-0.3, -0.25) is 9.59 Å². The lowest BCUT2D eigenvalue weighted by atomic mass is 10.1. The van der Waals surface area contributed by atoms with Crippen LogP contribution in [0.1, 0.15) is 16.3 Å². The number of aromatic nitrogens is 3. The number of ether oxygens (including phenoxy) is 1. The first-order chi connectivity index (χ1) is 15.9. The number of anilines is 1. The molecule has 8 nitrogen and oxygen atoms in total. The lowest BCUT2D eigenvalue weighted by molar-refractivity contribution is -0.112. The molecule has 0 atom stereocenters. The Morgan fingerprint density at radius 2 is 1.97 bits per heavy atom. The van der Waals surface area contributed by atoms with Crippen LogP contribution < -0.4 is 15.6 Å². The highest BCUT2D eigenvalue weighted by Gasteiger charge is 2.10. The van der Waals surface area contributed by atoms with Crippen LogP contribution in [0.3, 0.4) is 0 Å². The van der Waals surface area contributed by atoms with Crippen LogP contribution in [-0.2, 0) is 11.4 Å². The van der Waals surface area contributed by atoms with Gasteiger partial charge in [-0.2, -0.15) is 14.9 Å². The third-order valence-corrected chi connectivity index (χ3v) is 5.27. The van der Waals surface area contributed by atoms with Gasteiger partial charge in [0.1, 0.15) is 34.8 Å². The lowest BCUT2D eigenvalue weighted by Gasteiger charge is -2.06. The van der Waals surface area contributed by atoms with Gasteiger partial charge in [0.15, 0.2) is 0 Å². The number of hydrogen-bond acceptors (Lipinski definition) is 7. The summed E-state index contributed by atoms with van der Waals surface area (Å²) in [6.45, 7) is 1.90. The Labute approximate surface area is 191 Å². The number of benzene rings is 2. The molecule has 0 unspecified atom stereocenters. The van der Waals surface area contributed by atoms with Crippen molar-refractivity contribution in [2.75, 3.05) is 5.32 Å². The van der Waals surface area contributed by atoms with E-state index in [-0.39, 0.29) is 17.7 Å². The van der Waals surface area contributed by atoms with E-state index >= 15 is 0 Å². The second-order valence-corrected chi connectivity index (χ2v) is 8.05. The Kier molecular flexibility index (Phi) is 6.24. The van der Waals surface area contributed by atoms with Crippen LogP contribution >= 0.6 is 11.3 Å². The molecule has 0 aliphatic carbocycles. The van der Waals surface area contributed by atoms with Gasteiger partial charge < -0.3 is 10.1 Å². The highest BCUT2D eigenvalue weighted by atomic mass is 32.1. The third kappa shape index (κ3) is 5.28. The summed E-state index contributed by atoms with van der Waals surface area (Å²) in [6, 6.07) is 15.2. The summed E-state index contributed by atoms with van der Waals surface area (Å²) >= 11 is 1.32. The fourth-order valence-corrected chi connectivity index (χ4v) is 3.66. The van der Waals surface area contributed by atoms with Crippen molar-refractivity contribution in [1.29, 1.82) is 5.26 Å². The minimum absolute atomic E-state index is 0.0986. The van der Waals surface area contributed by atoms with Crippen molar-refractivity contribution in [2.24, 2.45) is 0 Å². The number of fused-ring (bicyclic) bond motifs is 1. The van der Waals surface area contributed by atoms with Gasteiger partial charge in [-0.05, 0) is 55.0 Å². The number of rotatable bonds is 6. The molecule has 2 aromatic heterocycles. The highest BCUT2D eigenvalue weighted by molar-refractivity contribution is 7.16. The number of aryl methyl sites for hydroxylation is 1. The highest BCUT2D eigenvalue weighted by Crippen LogP contribution is 2.17. The van der Waals surface area contributed by atoms with Crippen molar-refractivity contribution in [3.63, 3.8) is 0 Å². The normalized spacial score (nSPS) is 11.2. The molecule has 1 amide bonds. The van der Waals surface area contributed by atoms with Crippen LogP contribution in [0, 0.1) is 24.1 Å². The van der Waals surface area contributed by atoms with E-state index in [1.807, 2.05) is 6.07 Å². The van der Waals surface area contributed by atoms with Crippen molar-refractivity contribution in [3.05, 3.63) is 92.6 Å². The van der Waals surface area contributed by atoms with Crippen LogP contribution in [-0.4, -0.2) is 20.5 Å². The monoisotopic (exact) mass is 461 g/mol. The van der Waals surface area contributed by atoms with Crippen molar-refractivity contribution in [2.45, 2.75) is 13.5 Å². The Morgan fingerprint density at radius 3 is 2.67 bits per heavy atom. The molecule has 10 heteroatoms. The SMILES string of the molecule is Cc1nn2c(=O)cc(COc3ccc(/C=C(\C#N)C(=O)Nc4ccc(F)cc4)cc3)nc2s1. The van der Waals surface area contributed by atoms with Gasteiger partial charge in [-0.15, -0.1) is 0 Å². The van der Waals surface area contributed by atoms with Gasteiger partial charge in [0.2, 0.25) is 4.96 Å². The molecule has 0 saturated carbocycles. The summed E-state index contributed by atoms with van der Waals surface area (Å²) in [4.78, 5) is 29.3. The number of nitrogens with one attached hydrogen (secondary N) is 1. The van der Waals surface area contributed by atoms with Crippen LogP contribution in [0.2, 0.25) is 0 Å². The summed E-state index contributed by atoms with van der Waals surface area (Å²) in [6.07, 6.45) is 1.44. The molecule has 4 aromatic rings. The first-order valence-corrected chi connectivity index (χ1v) is 10.5. The Balaban J connectivity index is 1.42. The summed E-state index contributed by atoms with van der Waals surface area (Å²) in [5, 5.41) is 16.7. The maximum atomic E-state index is 13.0. The number of nitrogens with zero attached hydrogens (tertiary/aromatic N) is 4. The maximum Gasteiger partial charge on any atom is 0.275 e. The molecule has 0 aliphatic heterocycles. The molecule has 0 fully saturated rings. The number of nitriles is 1. The van der Waals surface area contributed by atoms with E-state index in [9.17, 15) is 19.2 Å². The second-order valence-electron chi connectivity index (χ2n) is 6.89. The van der Waals surface area contributed by atoms with E-state index < -0.39 is 11.7 Å². The standard InChI is InChI=1S/C23H16FN5O3S/c1-14-28-29-21(30)11-19(27-23(29)33-14)13-32-20-8-2-15(3-9-20)10-16(12-25)22(31)26-18-6-4-17(24)5-7-18/h2-11H,13H2,1H3,(H,26,31)/b16-10+. The third-order valence-electron chi connectivity index (χ3n) is 4.44. The molecule has 0 saturated heterocycles. The summed E-state index contributed by atoms with van der Waals surface area (Å²) in [5.74, 6) is -0.493. The molecule has 0 radical (unpaired) electrons. The van der Waals surface area contributed by atoms with Crippen molar-refractivity contribution < 1.29 is 13.9 Å². The van der Waals surface area contributed by atoms with Gasteiger partial charge in [0.05, 0.1) is 5.69 Å². The smallest absolute Gasteiger partial charge is 0.275 e. The number of carbonyl (C=O) groups is 1. The van der Waals surface area contributed by atoms with Crippen LogP contribution in [0.15, 0.2) is 65.0 Å². The Bertz CT molecular complexity index is 1450. The molecule has 33 heavy (non-hydrogen) atoms. The van der Waals surface area contributed by atoms with E-state index in [2.05, 4.69) is 15.4 Å². The fourth-order valence-electron chi connectivity index (χ4n) is 2.89. The fraction of sp³-hybridized carbons (Fsp3) is 0.0870. The Morgan fingerprint density at radius 1 is 1.24 bits per heavy atom. The molecule has 1 N–H and O–H groups in total. The van der Waals surface area contributed by atoms with E-state index in [1.54, 1.807) is 31.2 Å². The zero-order valence-electron chi connectivity index (χ0n) is 17.3. The van der Waals surface area contributed by atoms with Crippen molar-refractivity contribution in [3.8, 4) is 11.8 Å². The Hall–Kier alpha value is -4.36. The average molecular weight is 461 g/mol. The lowest BCUT2D eigenvalue weighted by Crippen LogP contribution is -2.16. The number of carbonyl (C=O) groups excluding carboxylic acids is 1. The van der Waals surface area contributed by atoms with Crippen molar-refractivity contribution >= 4 is 34.0 Å². The molecule has 0 bridgehead atoms. The van der Waals surface area contributed by atoms with Gasteiger partial charge in [-0.25, -0.2) is 9.37 Å². The predicted octanol–water partition coefficient (Wildman–Crippen LogP) is 3.72. The van der Waals surface area contributed by atoms with Gasteiger partial charge in [0.25, 0.3) is 11.5 Å². The van der Waals surface area contributed by atoms with Gasteiger partial charge >= 0.3 is 0 Å². The number of hydrogen-bond donors (Lipinski definition) is 1. The quantitative estimate of drug-likeness (QED) is 0.346. The summed E-state index contributed by atoms with van der Waals surface area (Å²) in [7, 11) is 0. The van der Waals surface area contributed by atoms with Crippen LogP contribution in [0.4, 0.5) is 10.1 Å². The molecule has 0 aliphatic rings. The molecule has 2 heterocycles. The van der Waals surface area contributed by atoms with E-state index in [1.165, 1.54) is 52.3 Å². The van der Waals surface area contributed by atoms with Crippen molar-refractivity contribution in [1.82, 2.24) is 14.6 Å². The maximum absolute atomic E-state index is 13.0. The first-order valence-electron chi connectivity index (χ1n) is 9.69. The minimum atomic E-state index is -0.601. The summed E-state index contributed by atoms with van der Waals surface area (Å²) in [5.41, 5.74) is 1.10. The first kappa shape index (κ1) is 21.9. The summed E-state index contributed by atoms with van der Waals surface area (Å²) < 4.78 is 20.0. The largest absolute Gasteiger partial charge is 0.487 e. The number of amides is 1. The topological polar surface area (TPSA) is 109 Å². The molecule has 4 rings (SSSR count). The van der Waals surface area contributed by atoms with E-state index in [0.717, 1.165) is 5.01 Å². The average Bonchev–Trinajstić information content (AvgIpc) is 3.19. The minimum Gasteiger partial charge on any atom is -0.487 e. The van der Waals surface area contributed by atoms with Crippen LogP contribution in [0.5, 0.6) is 5.75 Å². The molecular formula is C23H16FN5O3S. The molecule has 0 spiro atoms. The van der Waals surface area contributed by atoms with E-state index in [4.69, 9.17) is 4.74 Å². The van der Waals surface area contributed by atoms with Gasteiger partial charge in [-0.1, -0.05) is 23.5 Å². The molecule has 2 aromatic carbocycles. The van der Waals surface area contributed by atoms with E-state index in [0.29, 0.717) is 27.7 Å².